The SMILES string of the molecule is CN(CCC(=O)NS(=O)(=O)C1CC1)c1ccc2cc(OC3CCC(C(C)(C)C)CC3)ccc2c1. The zero-order valence-electron chi connectivity index (χ0n) is 20.8. The topological polar surface area (TPSA) is 75.7 Å². The number of ether oxygens (including phenoxy) is 1. The molecule has 0 radical (unpaired) electrons. The summed E-state index contributed by atoms with van der Waals surface area (Å²) in [6.07, 6.45) is 6.37. The minimum Gasteiger partial charge on any atom is -0.490 e. The molecule has 2 fully saturated rings. The molecular weight excluding hydrogens is 448 g/mol. The highest BCUT2D eigenvalue weighted by molar-refractivity contribution is 7.90. The molecule has 1 N–H and O–H groups in total. The van der Waals surface area contributed by atoms with E-state index in [0.717, 1.165) is 41.0 Å². The van der Waals surface area contributed by atoms with Crippen molar-refractivity contribution in [2.24, 2.45) is 11.3 Å². The van der Waals surface area contributed by atoms with Gasteiger partial charge in [-0.3, -0.25) is 9.52 Å². The molecule has 0 heterocycles. The highest BCUT2D eigenvalue weighted by atomic mass is 32.2. The van der Waals surface area contributed by atoms with Crippen molar-refractivity contribution in [1.29, 1.82) is 0 Å². The summed E-state index contributed by atoms with van der Waals surface area (Å²) in [5, 5.41) is 1.84. The fraction of sp³-hybridized carbons (Fsp3) is 0.593. The lowest BCUT2D eigenvalue weighted by molar-refractivity contribution is -0.119. The predicted octanol–water partition coefficient (Wildman–Crippen LogP) is 5.26. The number of anilines is 1. The number of carbonyl (C=O) groups excluding carboxylic acids is 1. The van der Waals surface area contributed by atoms with E-state index >= 15 is 0 Å². The summed E-state index contributed by atoms with van der Waals surface area (Å²) < 4.78 is 32.4. The number of sulfonamides is 1. The summed E-state index contributed by atoms with van der Waals surface area (Å²) in [5.74, 6) is 1.24. The van der Waals surface area contributed by atoms with E-state index < -0.39 is 15.9 Å². The lowest BCUT2D eigenvalue weighted by Crippen LogP contribution is -2.35. The van der Waals surface area contributed by atoms with Gasteiger partial charge >= 0.3 is 0 Å². The first-order valence-corrected chi connectivity index (χ1v) is 14.0. The Morgan fingerprint density at radius 3 is 2.29 bits per heavy atom. The molecule has 0 unspecified atom stereocenters. The molecule has 0 aliphatic heterocycles. The third-order valence-corrected chi connectivity index (χ3v) is 9.19. The van der Waals surface area contributed by atoms with Crippen molar-refractivity contribution in [3.63, 3.8) is 0 Å². The van der Waals surface area contributed by atoms with Gasteiger partial charge in [-0.25, -0.2) is 8.42 Å². The molecule has 1 amide bonds. The zero-order chi connectivity index (χ0) is 24.5. The van der Waals surface area contributed by atoms with Crippen LogP contribution in [0.3, 0.4) is 0 Å². The Kier molecular flexibility index (Phi) is 7.13. The van der Waals surface area contributed by atoms with Gasteiger partial charge in [0, 0.05) is 25.7 Å². The van der Waals surface area contributed by atoms with Crippen LogP contribution < -0.4 is 14.4 Å². The number of hydrogen-bond donors (Lipinski definition) is 1. The Morgan fingerprint density at radius 1 is 1.00 bits per heavy atom. The molecule has 2 aliphatic rings. The number of carbonyl (C=O) groups is 1. The molecule has 0 saturated heterocycles. The number of nitrogens with zero attached hydrogens (tertiary/aromatic N) is 1. The van der Waals surface area contributed by atoms with Crippen molar-refractivity contribution in [1.82, 2.24) is 4.72 Å². The van der Waals surface area contributed by atoms with Gasteiger partial charge in [0.25, 0.3) is 0 Å². The van der Waals surface area contributed by atoms with Gasteiger partial charge < -0.3 is 9.64 Å². The van der Waals surface area contributed by atoms with E-state index in [1.807, 2.05) is 24.1 Å². The van der Waals surface area contributed by atoms with Crippen LogP contribution in [-0.4, -0.2) is 39.3 Å². The van der Waals surface area contributed by atoms with Gasteiger partial charge in [0.15, 0.2) is 0 Å². The van der Waals surface area contributed by atoms with Crippen LogP contribution in [0.25, 0.3) is 10.8 Å². The van der Waals surface area contributed by atoms with Crippen LogP contribution in [0.2, 0.25) is 0 Å². The summed E-state index contributed by atoms with van der Waals surface area (Å²) in [6.45, 7) is 7.45. The average Bonchev–Trinajstić information content (AvgIpc) is 3.63. The standard InChI is InChI=1S/C27H38N2O4S/c1-27(2,3)21-7-11-23(12-8-21)33-24-10-6-19-17-22(9-5-20(19)18-24)29(4)16-15-26(30)28-34(31,32)25-13-14-25/h5-6,9-10,17-18,21,23,25H,7-8,11-16H2,1-4H3,(H,28,30). The molecule has 2 aromatic carbocycles. The minimum atomic E-state index is -3.48. The Balaban J connectivity index is 1.31. The van der Waals surface area contributed by atoms with Crippen LogP contribution >= 0.6 is 0 Å². The highest BCUT2D eigenvalue weighted by Crippen LogP contribution is 2.39. The van der Waals surface area contributed by atoms with Gasteiger partial charge in [0.2, 0.25) is 15.9 Å². The predicted molar refractivity (Wildman–Crippen MR) is 138 cm³/mol. The second kappa shape index (κ2) is 9.76. The molecule has 34 heavy (non-hydrogen) atoms. The average molecular weight is 487 g/mol. The molecule has 2 aliphatic carbocycles. The lowest BCUT2D eigenvalue weighted by atomic mass is 9.72. The van der Waals surface area contributed by atoms with E-state index in [1.165, 1.54) is 12.8 Å². The molecule has 7 heteroatoms. The second-order valence-corrected chi connectivity index (χ2v) is 13.1. The number of amides is 1. The fourth-order valence-electron chi connectivity index (χ4n) is 4.83. The Morgan fingerprint density at radius 2 is 1.65 bits per heavy atom. The summed E-state index contributed by atoms with van der Waals surface area (Å²) in [5.41, 5.74) is 1.36. The van der Waals surface area contributed by atoms with Crippen LogP contribution in [0.5, 0.6) is 5.75 Å². The van der Waals surface area contributed by atoms with Gasteiger partial charge in [0.1, 0.15) is 5.75 Å². The van der Waals surface area contributed by atoms with Crippen LogP contribution in [0, 0.1) is 11.3 Å². The second-order valence-electron chi connectivity index (χ2n) is 11.1. The van der Waals surface area contributed by atoms with Gasteiger partial charge in [0.05, 0.1) is 11.4 Å². The first-order chi connectivity index (χ1) is 16.0. The van der Waals surface area contributed by atoms with Crippen molar-refractivity contribution in [3.8, 4) is 5.75 Å². The summed E-state index contributed by atoms with van der Waals surface area (Å²) in [7, 11) is -1.57. The maximum atomic E-state index is 12.1. The first kappa shape index (κ1) is 24.8. The first-order valence-electron chi connectivity index (χ1n) is 12.5. The third kappa shape index (κ3) is 6.23. The van der Waals surface area contributed by atoms with Gasteiger partial charge in [-0.15, -0.1) is 0 Å². The summed E-state index contributed by atoms with van der Waals surface area (Å²) >= 11 is 0. The van der Waals surface area contributed by atoms with Crippen molar-refractivity contribution in [3.05, 3.63) is 36.4 Å². The number of fused-ring (bicyclic) bond motifs is 1. The Hall–Kier alpha value is -2.28. The van der Waals surface area contributed by atoms with Crippen LogP contribution in [0.15, 0.2) is 36.4 Å². The molecule has 2 aromatic rings. The summed E-state index contributed by atoms with van der Waals surface area (Å²) in [6, 6.07) is 12.4. The number of rotatable bonds is 8. The quantitative estimate of drug-likeness (QED) is 0.551. The zero-order valence-corrected chi connectivity index (χ0v) is 21.7. The maximum absolute atomic E-state index is 12.1. The molecular formula is C27H38N2O4S. The van der Waals surface area contributed by atoms with E-state index in [9.17, 15) is 13.2 Å². The molecule has 0 spiro atoms. The minimum absolute atomic E-state index is 0.130. The summed E-state index contributed by atoms with van der Waals surface area (Å²) in [4.78, 5) is 14.0. The highest BCUT2D eigenvalue weighted by Gasteiger charge is 2.36. The smallest absolute Gasteiger partial charge is 0.237 e. The van der Waals surface area contributed by atoms with Gasteiger partial charge in [-0.05, 0) is 84.9 Å². The van der Waals surface area contributed by atoms with Crippen LogP contribution in [0.1, 0.15) is 65.7 Å². The van der Waals surface area contributed by atoms with E-state index in [2.05, 4.69) is 49.8 Å². The molecule has 0 atom stereocenters. The van der Waals surface area contributed by atoms with E-state index in [-0.39, 0.29) is 17.8 Å². The van der Waals surface area contributed by atoms with E-state index in [0.29, 0.717) is 24.8 Å². The van der Waals surface area contributed by atoms with E-state index in [4.69, 9.17) is 4.74 Å². The molecule has 4 rings (SSSR count). The molecule has 186 valence electrons. The van der Waals surface area contributed by atoms with Crippen LogP contribution in [-0.2, 0) is 14.8 Å². The number of benzene rings is 2. The molecule has 0 bridgehead atoms. The fourth-order valence-corrected chi connectivity index (χ4v) is 6.17. The monoisotopic (exact) mass is 486 g/mol. The van der Waals surface area contributed by atoms with Crippen molar-refractivity contribution in [2.45, 2.75) is 77.1 Å². The molecule has 0 aromatic heterocycles. The van der Waals surface area contributed by atoms with Crippen molar-refractivity contribution in [2.75, 3.05) is 18.5 Å². The van der Waals surface area contributed by atoms with E-state index in [1.54, 1.807) is 0 Å². The van der Waals surface area contributed by atoms with Crippen LogP contribution in [0.4, 0.5) is 5.69 Å². The van der Waals surface area contributed by atoms with Gasteiger partial charge in [-0.1, -0.05) is 32.9 Å². The molecule has 2 saturated carbocycles. The largest absolute Gasteiger partial charge is 0.490 e. The normalized spacial score (nSPS) is 21.3. The third-order valence-electron chi connectivity index (χ3n) is 7.33. The van der Waals surface area contributed by atoms with Crippen molar-refractivity contribution >= 4 is 32.4 Å². The Labute approximate surface area is 204 Å². The lowest BCUT2D eigenvalue weighted by Gasteiger charge is -2.37. The number of nitrogens with one attached hydrogen (secondary N) is 1. The van der Waals surface area contributed by atoms with Gasteiger partial charge in [-0.2, -0.15) is 0 Å². The number of hydrogen-bond acceptors (Lipinski definition) is 5. The van der Waals surface area contributed by atoms with Crippen molar-refractivity contribution < 1.29 is 17.9 Å². The Bertz CT molecular complexity index is 1130. The molecule has 6 nitrogen and oxygen atoms in total. The maximum Gasteiger partial charge on any atom is 0.237 e.